The van der Waals surface area contributed by atoms with E-state index in [9.17, 15) is 9.18 Å². The molecular formula is C16H28FNO. The third-order valence-electron chi connectivity index (χ3n) is 4.86. The lowest BCUT2D eigenvalue weighted by molar-refractivity contribution is -0.137. The van der Waals surface area contributed by atoms with Gasteiger partial charge >= 0.3 is 0 Å². The Morgan fingerprint density at radius 3 is 2.32 bits per heavy atom. The number of hydrogen-bond donors (Lipinski definition) is 0. The first-order valence-corrected chi connectivity index (χ1v) is 7.97. The number of piperidine rings is 1. The molecular weight excluding hydrogens is 241 g/mol. The van der Waals surface area contributed by atoms with Crippen molar-refractivity contribution in [1.82, 2.24) is 4.90 Å². The minimum Gasteiger partial charge on any atom is -0.303 e. The molecule has 1 heterocycles. The molecule has 2 fully saturated rings. The van der Waals surface area contributed by atoms with Crippen LogP contribution in [-0.4, -0.2) is 36.0 Å². The Hall–Kier alpha value is -0.440. The number of carbonyl (C=O) groups excluding carboxylic acids is 1. The highest BCUT2D eigenvalue weighted by Crippen LogP contribution is 2.32. The van der Waals surface area contributed by atoms with Crippen LogP contribution < -0.4 is 0 Å². The van der Waals surface area contributed by atoms with Crippen molar-refractivity contribution in [3.05, 3.63) is 0 Å². The zero-order valence-electron chi connectivity index (χ0n) is 12.5. The molecule has 2 rings (SSSR count). The zero-order chi connectivity index (χ0) is 13.9. The molecule has 1 aliphatic heterocycles. The minimum atomic E-state index is -1.54. The number of hydrogen-bond acceptors (Lipinski definition) is 2. The van der Waals surface area contributed by atoms with Crippen molar-refractivity contribution in [3.63, 3.8) is 0 Å². The Morgan fingerprint density at radius 2 is 1.79 bits per heavy atom. The van der Waals surface area contributed by atoms with Crippen molar-refractivity contribution < 1.29 is 9.18 Å². The van der Waals surface area contributed by atoms with Gasteiger partial charge in [0, 0.05) is 38.4 Å². The summed E-state index contributed by atoms with van der Waals surface area (Å²) in [6.45, 7) is 6.24. The summed E-state index contributed by atoms with van der Waals surface area (Å²) in [7, 11) is 0. The maximum Gasteiger partial charge on any atom is 0.172 e. The summed E-state index contributed by atoms with van der Waals surface area (Å²) < 4.78 is 14.6. The highest BCUT2D eigenvalue weighted by Gasteiger charge is 2.42. The Kier molecular flexibility index (Phi) is 4.99. The van der Waals surface area contributed by atoms with Crippen LogP contribution >= 0.6 is 0 Å². The van der Waals surface area contributed by atoms with E-state index in [1.54, 1.807) is 13.8 Å². The maximum absolute atomic E-state index is 14.6. The standard InChI is InChI=1S/C16H28FNO/c1-13(2)15(19)16(17)8-10-18(11-9-16)12-14-6-4-3-5-7-14/h13-14H,3-12H2,1-2H3. The zero-order valence-corrected chi connectivity index (χ0v) is 12.5. The van der Waals surface area contributed by atoms with Crippen LogP contribution in [-0.2, 0) is 4.79 Å². The van der Waals surface area contributed by atoms with Crippen LogP contribution in [0, 0.1) is 11.8 Å². The average Bonchev–Trinajstić information content (AvgIpc) is 2.42. The molecule has 0 aromatic carbocycles. The number of halogens is 1. The van der Waals surface area contributed by atoms with E-state index in [1.165, 1.54) is 32.1 Å². The molecule has 1 saturated heterocycles. The van der Waals surface area contributed by atoms with Gasteiger partial charge in [-0.15, -0.1) is 0 Å². The average molecular weight is 269 g/mol. The van der Waals surface area contributed by atoms with Crippen molar-refractivity contribution in [1.29, 1.82) is 0 Å². The minimum absolute atomic E-state index is 0.185. The molecule has 1 aliphatic carbocycles. The molecule has 2 nitrogen and oxygen atoms in total. The van der Waals surface area contributed by atoms with Gasteiger partial charge in [-0.25, -0.2) is 4.39 Å². The number of Topliss-reactive ketones (excluding diaryl/α,β-unsaturated/α-hetero) is 1. The van der Waals surface area contributed by atoms with Crippen molar-refractivity contribution in [2.45, 2.75) is 64.5 Å². The second-order valence-corrected chi connectivity index (χ2v) is 6.79. The Balaban J connectivity index is 1.80. The van der Waals surface area contributed by atoms with E-state index in [1.807, 2.05) is 0 Å². The molecule has 3 heteroatoms. The summed E-state index contributed by atoms with van der Waals surface area (Å²) >= 11 is 0. The van der Waals surface area contributed by atoms with Crippen molar-refractivity contribution in [3.8, 4) is 0 Å². The molecule has 0 spiro atoms. The highest BCUT2D eigenvalue weighted by molar-refractivity contribution is 5.88. The highest BCUT2D eigenvalue weighted by atomic mass is 19.1. The second-order valence-electron chi connectivity index (χ2n) is 6.79. The van der Waals surface area contributed by atoms with Crippen molar-refractivity contribution >= 4 is 5.78 Å². The number of carbonyl (C=O) groups is 1. The summed E-state index contributed by atoms with van der Waals surface area (Å²) in [4.78, 5) is 14.3. The van der Waals surface area contributed by atoms with E-state index in [4.69, 9.17) is 0 Å². The van der Waals surface area contributed by atoms with E-state index >= 15 is 0 Å². The molecule has 0 bridgehead atoms. The Bertz CT molecular complexity index is 302. The summed E-state index contributed by atoms with van der Waals surface area (Å²) in [6.07, 6.45) is 7.57. The van der Waals surface area contributed by atoms with Gasteiger partial charge in [0.15, 0.2) is 11.5 Å². The van der Waals surface area contributed by atoms with E-state index in [2.05, 4.69) is 4.90 Å². The number of likely N-dealkylation sites (tertiary alicyclic amines) is 1. The molecule has 110 valence electrons. The Labute approximate surface area is 116 Å². The molecule has 0 aromatic heterocycles. The van der Waals surface area contributed by atoms with Gasteiger partial charge in [0.2, 0.25) is 0 Å². The molecule has 0 aromatic rings. The first kappa shape index (κ1) is 15.0. The van der Waals surface area contributed by atoms with Gasteiger partial charge in [-0.05, 0) is 18.8 Å². The van der Waals surface area contributed by atoms with Crippen LogP contribution in [0.5, 0.6) is 0 Å². The quantitative estimate of drug-likeness (QED) is 0.777. The number of ketones is 1. The third kappa shape index (κ3) is 3.77. The van der Waals surface area contributed by atoms with Gasteiger partial charge in [0.25, 0.3) is 0 Å². The van der Waals surface area contributed by atoms with Crippen LogP contribution in [0.3, 0.4) is 0 Å². The lowest BCUT2D eigenvalue weighted by atomic mass is 9.83. The van der Waals surface area contributed by atoms with Gasteiger partial charge in [-0.1, -0.05) is 33.1 Å². The fourth-order valence-electron chi connectivity index (χ4n) is 3.59. The van der Waals surface area contributed by atoms with E-state index in [0.29, 0.717) is 12.8 Å². The van der Waals surface area contributed by atoms with E-state index < -0.39 is 5.67 Å². The molecule has 0 unspecified atom stereocenters. The predicted molar refractivity (Wildman–Crippen MR) is 75.9 cm³/mol. The predicted octanol–water partition coefficient (Wildman–Crippen LogP) is 3.60. The van der Waals surface area contributed by atoms with Gasteiger partial charge in [-0.2, -0.15) is 0 Å². The van der Waals surface area contributed by atoms with Crippen LogP contribution in [0.25, 0.3) is 0 Å². The summed E-state index contributed by atoms with van der Waals surface area (Å²) in [6, 6.07) is 0. The summed E-state index contributed by atoms with van der Waals surface area (Å²) in [5, 5.41) is 0. The number of rotatable bonds is 4. The molecule has 0 N–H and O–H groups in total. The van der Waals surface area contributed by atoms with Crippen molar-refractivity contribution in [2.75, 3.05) is 19.6 Å². The monoisotopic (exact) mass is 269 g/mol. The lowest BCUT2D eigenvalue weighted by Crippen LogP contribution is -2.48. The van der Waals surface area contributed by atoms with Crippen LogP contribution in [0.1, 0.15) is 58.8 Å². The summed E-state index contributed by atoms with van der Waals surface area (Å²) in [5.41, 5.74) is -1.54. The van der Waals surface area contributed by atoms with Crippen molar-refractivity contribution in [2.24, 2.45) is 11.8 Å². The van der Waals surface area contributed by atoms with Gasteiger partial charge < -0.3 is 4.90 Å². The van der Waals surface area contributed by atoms with E-state index in [-0.39, 0.29) is 11.7 Å². The lowest BCUT2D eigenvalue weighted by Gasteiger charge is -2.38. The number of nitrogens with zero attached hydrogens (tertiary/aromatic N) is 1. The normalized spacial score (nSPS) is 25.7. The fourth-order valence-corrected chi connectivity index (χ4v) is 3.59. The van der Waals surface area contributed by atoms with Crippen LogP contribution in [0.4, 0.5) is 4.39 Å². The molecule has 0 radical (unpaired) electrons. The Morgan fingerprint density at radius 1 is 1.21 bits per heavy atom. The smallest absolute Gasteiger partial charge is 0.172 e. The largest absolute Gasteiger partial charge is 0.303 e. The van der Waals surface area contributed by atoms with Crippen LogP contribution in [0.2, 0.25) is 0 Å². The maximum atomic E-state index is 14.6. The van der Waals surface area contributed by atoms with Crippen LogP contribution in [0.15, 0.2) is 0 Å². The molecule has 0 atom stereocenters. The summed E-state index contributed by atoms with van der Waals surface area (Å²) in [5.74, 6) is 0.432. The molecule has 0 amide bonds. The second kappa shape index (κ2) is 6.34. The van der Waals surface area contributed by atoms with Gasteiger partial charge in [-0.3, -0.25) is 4.79 Å². The SMILES string of the molecule is CC(C)C(=O)C1(F)CCN(CC2CCCCC2)CC1. The first-order chi connectivity index (χ1) is 9.01. The molecule has 2 aliphatic rings. The molecule has 19 heavy (non-hydrogen) atoms. The third-order valence-corrected chi connectivity index (χ3v) is 4.86. The van der Waals surface area contributed by atoms with Gasteiger partial charge in [0.05, 0.1) is 0 Å². The first-order valence-electron chi connectivity index (χ1n) is 7.97. The number of alkyl halides is 1. The topological polar surface area (TPSA) is 20.3 Å². The van der Waals surface area contributed by atoms with Gasteiger partial charge in [0.1, 0.15) is 0 Å². The molecule has 1 saturated carbocycles. The fraction of sp³-hybridized carbons (Fsp3) is 0.938. The van der Waals surface area contributed by atoms with E-state index in [0.717, 1.165) is 25.6 Å².